The molecule has 2 aromatic carbocycles. The van der Waals surface area contributed by atoms with Crippen LogP contribution in [0.2, 0.25) is 0 Å². The smallest absolute Gasteiger partial charge is 0.416 e. The Balaban J connectivity index is 1.56. The van der Waals surface area contributed by atoms with Gasteiger partial charge >= 0.3 is 6.18 Å². The summed E-state index contributed by atoms with van der Waals surface area (Å²) in [5.74, 6) is 0.0813. The Bertz CT molecular complexity index is 1370. The standard InChI is InChI=1S/C23H22F3N6O3S/c1-15(2)32-11-3-4-19(13-32)36(33,34)29-20-10-9-18(23(24,25)26)12-21(20)35-14-16-5-7-17(8-6-16)22-27-30-31-28-22/h3-12,15H,13-14H2,1-2H3,(H,27,28,30,31)/q-1. The third-order valence-electron chi connectivity index (χ3n) is 5.35. The molecule has 3 aromatic rings. The number of alkyl halides is 3. The summed E-state index contributed by atoms with van der Waals surface area (Å²) >= 11 is 0. The highest BCUT2D eigenvalue weighted by Crippen LogP contribution is 2.41. The molecule has 13 heteroatoms. The molecule has 1 N–H and O–H groups in total. The molecule has 0 bridgehead atoms. The number of sulfonamides is 1. The van der Waals surface area contributed by atoms with E-state index in [2.05, 4.69) is 25.3 Å². The average molecular weight is 520 g/mol. The third-order valence-corrected chi connectivity index (χ3v) is 6.72. The second kappa shape index (κ2) is 10.0. The largest absolute Gasteiger partial charge is 0.570 e. The molecule has 2 heterocycles. The lowest BCUT2D eigenvalue weighted by molar-refractivity contribution is -0.137. The maximum absolute atomic E-state index is 13.3. The van der Waals surface area contributed by atoms with Gasteiger partial charge in [0.15, 0.2) is 0 Å². The number of rotatable bonds is 8. The fourth-order valence-corrected chi connectivity index (χ4v) is 4.42. The van der Waals surface area contributed by atoms with Gasteiger partial charge in [0.2, 0.25) is 5.82 Å². The minimum atomic E-state index is -4.64. The molecule has 0 saturated heterocycles. The van der Waals surface area contributed by atoms with Crippen molar-refractivity contribution < 1.29 is 26.3 Å². The minimum absolute atomic E-state index is 0.0293. The number of nitrogens with one attached hydrogen (secondary N) is 1. The molecular weight excluding hydrogens is 497 g/mol. The lowest BCUT2D eigenvalue weighted by Gasteiger charge is -2.32. The summed E-state index contributed by atoms with van der Waals surface area (Å²) < 4.78 is 75.5. The lowest BCUT2D eigenvalue weighted by atomic mass is 10.1. The minimum Gasteiger partial charge on any atom is -0.570 e. The van der Waals surface area contributed by atoms with Crippen LogP contribution in [-0.2, 0) is 22.8 Å². The van der Waals surface area contributed by atoms with Crippen molar-refractivity contribution in [1.29, 1.82) is 0 Å². The Hall–Kier alpha value is -3.87. The van der Waals surface area contributed by atoms with E-state index in [1.165, 1.54) is 6.08 Å². The summed E-state index contributed by atoms with van der Waals surface area (Å²) in [6, 6.07) is 9.35. The molecule has 9 nitrogen and oxygen atoms in total. The number of hydrogen-bond acceptors (Lipinski definition) is 7. The number of halogens is 3. The third kappa shape index (κ3) is 5.85. The van der Waals surface area contributed by atoms with Gasteiger partial charge in [-0.25, -0.2) is 8.42 Å². The first kappa shape index (κ1) is 25.2. The number of hydrogen-bond donors (Lipinski definition) is 1. The van der Waals surface area contributed by atoms with Crippen LogP contribution in [0.25, 0.3) is 16.1 Å². The van der Waals surface area contributed by atoms with Gasteiger partial charge in [0, 0.05) is 16.5 Å². The Labute approximate surface area is 205 Å². The van der Waals surface area contributed by atoms with E-state index in [1.807, 2.05) is 18.7 Å². The summed E-state index contributed by atoms with van der Waals surface area (Å²) in [7, 11) is -4.18. The average Bonchev–Trinajstić information content (AvgIpc) is 3.38. The lowest BCUT2D eigenvalue weighted by Crippen LogP contribution is -2.30. The Morgan fingerprint density at radius 1 is 1.17 bits per heavy atom. The number of tetrazole rings is 1. The zero-order valence-electron chi connectivity index (χ0n) is 19.3. The maximum atomic E-state index is 13.3. The van der Waals surface area contributed by atoms with Gasteiger partial charge in [-0.15, -0.1) is 10.2 Å². The molecule has 36 heavy (non-hydrogen) atoms. The van der Waals surface area contributed by atoms with Gasteiger partial charge < -0.3 is 14.4 Å². The molecule has 1 aliphatic heterocycles. The summed E-state index contributed by atoms with van der Waals surface area (Å²) in [6.45, 7) is 3.80. The van der Waals surface area contributed by atoms with E-state index in [0.717, 1.165) is 18.2 Å². The van der Waals surface area contributed by atoms with Gasteiger partial charge in [-0.05, 0) is 49.0 Å². The molecular formula is C23H22F3N6O3S-. The van der Waals surface area contributed by atoms with Crippen LogP contribution < -0.4 is 4.74 Å². The highest BCUT2D eigenvalue weighted by atomic mass is 32.2. The van der Waals surface area contributed by atoms with Crippen molar-refractivity contribution in [1.82, 2.24) is 25.5 Å². The molecule has 0 radical (unpaired) electrons. The first-order chi connectivity index (χ1) is 17.0. The zero-order valence-corrected chi connectivity index (χ0v) is 20.1. The van der Waals surface area contributed by atoms with E-state index in [1.54, 1.807) is 36.5 Å². The highest BCUT2D eigenvalue weighted by molar-refractivity contribution is 7.98. The molecule has 0 spiro atoms. The fraction of sp³-hybridized carbons (Fsp3) is 0.261. The molecule has 4 rings (SSSR count). The van der Waals surface area contributed by atoms with Gasteiger partial charge in [0.25, 0.3) is 0 Å². The molecule has 0 unspecified atom stereocenters. The van der Waals surface area contributed by atoms with Crippen LogP contribution >= 0.6 is 0 Å². The van der Waals surface area contributed by atoms with Crippen molar-refractivity contribution in [3.63, 3.8) is 0 Å². The first-order valence-corrected chi connectivity index (χ1v) is 12.2. The van der Waals surface area contributed by atoms with Gasteiger partial charge in [-0.2, -0.15) is 18.4 Å². The van der Waals surface area contributed by atoms with Crippen molar-refractivity contribution in [3.8, 4) is 17.1 Å². The normalized spacial score (nSPS) is 14.2. The summed E-state index contributed by atoms with van der Waals surface area (Å²) in [5, 5.41) is 13.6. The second-order valence-electron chi connectivity index (χ2n) is 8.21. The van der Waals surface area contributed by atoms with Crippen LogP contribution in [0, 0.1) is 0 Å². The number of allylic oxidation sites excluding steroid dienone is 2. The van der Waals surface area contributed by atoms with Crippen LogP contribution in [0.15, 0.2) is 65.7 Å². The Morgan fingerprint density at radius 2 is 1.92 bits per heavy atom. The maximum Gasteiger partial charge on any atom is 0.416 e. The number of ether oxygens (including phenoxy) is 1. The molecule has 0 aliphatic carbocycles. The van der Waals surface area contributed by atoms with E-state index < -0.39 is 21.8 Å². The van der Waals surface area contributed by atoms with Crippen LogP contribution in [0.3, 0.4) is 0 Å². The quantitative estimate of drug-likeness (QED) is 0.449. The zero-order chi connectivity index (χ0) is 25.9. The molecule has 190 valence electrons. The van der Waals surface area contributed by atoms with Gasteiger partial charge in [0.1, 0.15) is 22.4 Å². The van der Waals surface area contributed by atoms with Gasteiger partial charge in [-0.1, -0.05) is 42.1 Å². The van der Waals surface area contributed by atoms with Crippen molar-refractivity contribution in [2.24, 2.45) is 0 Å². The molecule has 0 amide bonds. The SMILES string of the molecule is CC(C)N1C=CC=C(S(=O)(=O)[N-]c2ccc(C(F)(F)F)cc2OCc2ccc(-c3nn[nH]n3)cc2)C1. The van der Waals surface area contributed by atoms with E-state index in [0.29, 0.717) is 17.0 Å². The summed E-state index contributed by atoms with van der Waals surface area (Å²) in [4.78, 5) is 1.84. The van der Waals surface area contributed by atoms with Crippen LogP contribution in [-0.4, -0.2) is 46.5 Å². The topological polar surface area (TPSA) is 115 Å². The number of benzene rings is 2. The van der Waals surface area contributed by atoms with E-state index >= 15 is 0 Å². The molecule has 0 fully saturated rings. The fourth-order valence-electron chi connectivity index (χ4n) is 3.33. The van der Waals surface area contributed by atoms with Crippen molar-refractivity contribution in [2.75, 3.05) is 6.54 Å². The van der Waals surface area contributed by atoms with Gasteiger partial charge in [-0.3, -0.25) is 0 Å². The highest BCUT2D eigenvalue weighted by Gasteiger charge is 2.31. The molecule has 1 aromatic heterocycles. The van der Waals surface area contributed by atoms with E-state index in [-0.39, 0.29) is 35.5 Å². The molecule has 1 aliphatic rings. The Morgan fingerprint density at radius 3 is 2.56 bits per heavy atom. The number of aromatic amines is 1. The van der Waals surface area contributed by atoms with E-state index in [4.69, 9.17) is 4.74 Å². The molecule has 0 atom stereocenters. The van der Waals surface area contributed by atoms with E-state index in [9.17, 15) is 21.6 Å². The Kier molecular flexibility index (Phi) is 7.02. The monoisotopic (exact) mass is 519 g/mol. The van der Waals surface area contributed by atoms with Crippen molar-refractivity contribution in [2.45, 2.75) is 32.7 Å². The number of nitrogens with zero attached hydrogens (tertiary/aromatic N) is 5. The van der Waals surface area contributed by atoms with Crippen LogP contribution in [0.1, 0.15) is 25.0 Å². The van der Waals surface area contributed by atoms with Gasteiger partial charge in [0.05, 0.1) is 12.1 Å². The second-order valence-corrected chi connectivity index (χ2v) is 9.87. The van der Waals surface area contributed by atoms with Crippen LogP contribution in [0.4, 0.5) is 18.9 Å². The van der Waals surface area contributed by atoms with Crippen molar-refractivity contribution in [3.05, 3.63) is 81.6 Å². The predicted octanol–water partition coefficient (Wildman–Crippen LogP) is 4.92. The van der Waals surface area contributed by atoms with Crippen LogP contribution in [0.5, 0.6) is 5.75 Å². The predicted molar refractivity (Wildman–Crippen MR) is 126 cm³/mol. The summed E-state index contributed by atoms with van der Waals surface area (Å²) in [6.07, 6.45) is 0.137. The van der Waals surface area contributed by atoms with Crippen molar-refractivity contribution >= 4 is 15.7 Å². The first-order valence-electron chi connectivity index (χ1n) is 10.8. The molecule has 0 saturated carbocycles. The number of aromatic nitrogens is 4. The number of H-pyrrole nitrogens is 1. The summed E-state index contributed by atoms with van der Waals surface area (Å²) in [5.41, 5.74) is 0.102.